The Morgan fingerprint density at radius 1 is 1.57 bits per heavy atom. The van der Waals surface area contributed by atoms with Gasteiger partial charge < -0.3 is 4.90 Å². The van der Waals surface area contributed by atoms with E-state index in [2.05, 4.69) is 19.6 Å². The SMILES string of the molecule is C=CC(=O)N1CCc2cc(C)ccc21. The number of rotatable bonds is 1. The molecular formula is C12H13NO. The minimum atomic E-state index is -0.00685. The van der Waals surface area contributed by atoms with Crippen LogP contribution in [0.3, 0.4) is 0 Å². The third kappa shape index (κ3) is 1.33. The number of anilines is 1. The number of benzene rings is 1. The Bertz CT molecular complexity index is 395. The van der Waals surface area contributed by atoms with Gasteiger partial charge in [-0.3, -0.25) is 4.79 Å². The molecule has 1 aromatic rings. The average molecular weight is 187 g/mol. The summed E-state index contributed by atoms with van der Waals surface area (Å²) in [5.41, 5.74) is 3.55. The van der Waals surface area contributed by atoms with E-state index in [1.54, 1.807) is 4.90 Å². The topological polar surface area (TPSA) is 20.3 Å². The normalized spacial score (nSPS) is 13.9. The highest BCUT2D eigenvalue weighted by Crippen LogP contribution is 2.28. The Morgan fingerprint density at radius 2 is 2.36 bits per heavy atom. The molecule has 0 radical (unpaired) electrons. The summed E-state index contributed by atoms with van der Waals surface area (Å²) < 4.78 is 0. The lowest BCUT2D eigenvalue weighted by atomic mass is 10.1. The lowest BCUT2D eigenvalue weighted by Gasteiger charge is -2.14. The molecule has 0 fully saturated rings. The highest BCUT2D eigenvalue weighted by Gasteiger charge is 2.22. The second-order valence-electron chi connectivity index (χ2n) is 3.58. The highest BCUT2D eigenvalue weighted by molar-refractivity contribution is 6.02. The molecule has 0 aromatic heterocycles. The van der Waals surface area contributed by atoms with Crippen molar-refractivity contribution < 1.29 is 4.79 Å². The van der Waals surface area contributed by atoms with Gasteiger partial charge in [0.1, 0.15) is 0 Å². The summed E-state index contributed by atoms with van der Waals surface area (Å²) in [5.74, 6) is -0.00685. The fourth-order valence-corrected chi connectivity index (χ4v) is 1.87. The van der Waals surface area contributed by atoms with E-state index in [9.17, 15) is 4.79 Å². The highest BCUT2D eigenvalue weighted by atomic mass is 16.2. The van der Waals surface area contributed by atoms with Gasteiger partial charge in [-0.15, -0.1) is 0 Å². The zero-order chi connectivity index (χ0) is 10.1. The first-order chi connectivity index (χ1) is 6.72. The molecule has 1 amide bonds. The maximum absolute atomic E-state index is 11.5. The van der Waals surface area contributed by atoms with E-state index in [-0.39, 0.29) is 5.91 Å². The van der Waals surface area contributed by atoms with Crippen LogP contribution in [-0.2, 0) is 11.2 Å². The van der Waals surface area contributed by atoms with Crippen molar-refractivity contribution in [3.8, 4) is 0 Å². The molecule has 1 heterocycles. The van der Waals surface area contributed by atoms with E-state index in [1.165, 1.54) is 17.2 Å². The molecule has 0 bridgehead atoms. The zero-order valence-electron chi connectivity index (χ0n) is 8.29. The summed E-state index contributed by atoms with van der Waals surface area (Å²) in [5, 5.41) is 0. The molecule has 0 saturated carbocycles. The van der Waals surface area contributed by atoms with Gasteiger partial charge in [0.2, 0.25) is 5.91 Å². The Hall–Kier alpha value is -1.57. The summed E-state index contributed by atoms with van der Waals surface area (Å²) in [4.78, 5) is 13.2. The molecule has 0 N–H and O–H groups in total. The monoisotopic (exact) mass is 187 g/mol. The van der Waals surface area contributed by atoms with E-state index in [1.807, 2.05) is 12.1 Å². The van der Waals surface area contributed by atoms with Gasteiger partial charge >= 0.3 is 0 Å². The molecule has 72 valence electrons. The molecule has 2 rings (SSSR count). The summed E-state index contributed by atoms with van der Waals surface area (Å²) in [6, 6.07) is 6.19. The maximum Gasteiger partial charge on any atom is 0.250 e. The number of carbonyl (C=O) groups excluding carboxylic acids is 1. The number of aryl methyl sites for hydroxylation is 1. The fourth-order valence-electron chi connectivity index (χ4n) is 1.87. The molecule has 2 heteroatoms. The molecule has 2 nitrogen and oxygen atoms in total. The Balaban J connectivity index is 2.40. The van der Waals surface area contributed by atoms with Crippen molar-refractivity contribution in [2.24, 2.45) is 0 Å². The van der Waals surface area contributed by atoms with E-state index in [0.29, 0.717) is 0 Å². The van der Waals surface area contributed by atoms with Crippen molar-refractivity contribution in [3.63, 3.8) is 0 Å². The van der Waals surface area contributed by atoms with E-state index < -0.39 is 0 Å². The first-order valence-corrected chi connectivity index (χ1v) is 4.76. The second-order valence-corrected chi connectivity index (χ2v) is 3.58. The van der Waals surface area contributed by atoms with Gasteiger partial charge in [0.25, 0.3) is 0 Å². The van der Waals surface area contributed by atoms with Crippen molar-refractivity contribution in [1.82, 2.24) is 0 Å². The first-order valence-electron chi connectivity index (χ1n) is 4.76. The van der Waals surface area contributed by atoms with Crippen LogP contribution in [0.15, 0.2) is 30.9 Å². The molecule has 1 aromatic carbocycles. The fraction of sp³-hybridized carbons (Fsp3) is 0.250. The molecule has 0 unspecified atom stereocenters. The third-order valence-corrected chi connectivity index (χ3v) is 2.57. The number of amides is 1. The molecule has 0 spiro atoms. The van der Waals surface area contributed by atoms with Crippen LogP contribution in [0.4, 0.5) is 5.69 Å². The predicted molar refractivity (Wildman–Crippen MR) is 57.4 cm³/mol. The van der Waals surface area contributed by atoms with Crippen molar-refractivity contribution in [1.29, 1.82) is 0 Å². The van der Waals surface area contributed by atoms with E-state index >= 15 is 0 Å². The second kappa shape index (κ2) is 3.29. The van der Waals surface area contributed by atoms with Crippen LogP contribution in [-0.4, -0.2) is 12.5 Å². The smallest absolute Gasteiger partial charge is 0.250 e. The van der Waals surface area contributed by atoms with E-state index in [0.717, 1.165) is 18.7 Å². The van der Waals surface area contributed by atoms with Crippen molar-refractivity contribution >= 4 is 11.6 Å². The van der Waals surface area contributed by atoms with Crippen molar-refractivity contribution in [3.05, 3.63) is 42.0 Å². The first kappa shape index (κ1) is 9.00. The summed E-state index contributed by atoms with van der Waals surface area (Å²) in [7, 11) is 0. The summed E-state index contributed by atoms with van der Waals surface area (Å²) >= 11 is 0. The van der Waals surface area contributed by atoms with Crippen LogP contribution in [0.25, 0.3) is 0 Å². The van der Waals surface area contributed by atoms with Gasteiger partial charge in [0, 0.05) is 12.2 Å². The van der Waals surface area contributed by atoms with Crippen LogP contribution in [0.5, 0.6) is 0 Å². The molecule has 1 aliphatic heterocycles. The number of hydrogen-bond acceptors (Lipinski definition) is 1. The Morgan fingerprint density at radius 3 is 3.07 bits per heavy atom. The van der Waals surface area contributed by atoms with Gasteiger partial charge in [-0.25, -0.2) is 0 Å². The Kier molecular flexibility index (Phi) is 2.12. The van der Waals surface area contributed by atoms with Crippen LogP contribution >= 0.6 is 0 Å². The predicted octanol–water partition coefficient (Wildman–Crippen LogP) is 2.07. The zero-order valence-corrected chi connectivity index (χ0v) is 8.29. The number of nitrogens with zero attached hydrogens (tertiary/aromatic N) is 1. The minimum Gasteiger partial charge on any atom is -0.308 e. The quantitative estimate of drug-likeness (QED) is 0.616. The molecule has 0 atom stereocenters. The van der Waals surface area contributed by atoms with Crippen LogP contribution in [0.1, 0.15) is 11.1 Å². The number of hydrogen-bond donors (Lipinski definition) is 0. The molecule has 0 aliphatic carbocycles. The largest absolute Gasteiger partial charge is 0.308 e. The minimum absolute atomic E-state index is 0.00685. The van der Waals surface area contributed by atoms with Crippen LogP contribution in [0.2, 0.25) is 0 Å². The maximum atomic E-state index is 11.5. The number of fused-ring (bicyclic) bond motifs is 1. The summed E-state index contributed by atoms with van der Waals surface area (Å²) in [6.45, 7) is 6.35. The Labute approximate surface area is 83.8 Å². The number of carbonyl (C=O) groups is 1. The lowest BCUT2D eigenvalue weighted by Crippen LogP contribution is -2.26. The van der Waals surface area contributed by atoms with Gasteiger partial charge in [-0.2, -0.15) is 0 Å². The van der Waals surface area contributed by atoms with Gasteiger partial charge in [0.15, 0.2) is 0 Å². The lowest BCUT2D eigenvalue weighted by molar-refractivity contribution is -0.114. The summed E-state index contributed by atoms with van der Waals surface area (Å²) in [6.07, 6.45) is 2.32. The van der Waals surface area contributed by atoms with Crippen LogP contribution < -0.4 is 4.90 Å². The third-order valence-electron chi connectivity index (χ3n) is 2.57. The van der Waals surface area contributed by atoms with Gasteiger partial charge in [-0.1, -0.05) is 24.3 Å². The van der Waals surface area contributed by atoms with Crippen molar-refractivity contribution in [2.75, 3.05) is 11.4 Å². The van der Waals surface area contributed by atoms with Gasteiger partial charge in [0.05, 0.1) is 0 Å². The molecule has 1 aliphatic rings. The van der Waals surface area contributed by atoms with E-state index in [4.69, 9.17) is 0 Å². The van der Waals surface area contributed by atoms with Crippen molar-refractivity contribution in [2.45, 2.75) is 13.3 Å². The van der Waals surface area contributed by atoms with Gasteiger partial charge in [-0.05, 0) is 31.1 Å². The average Bonchev–Trinajstić information content (AvgIpc) is 2.59. The molecular weight excluding hydrogens is 174 g/mol. The standard InChI is InChI=1S/C12H13NO/c1-3-12(14)13-7-6-10-8-9(2)4-5-11(10)13/h3-5,8H,1,6-7H2,2H3. The van der Waals surface area contributed by atoms with Crippen LogP contribution in [0, 0.1) is 6.92 Å². The molecule has 14 heavy (non-hydrogen) atoms. The molecule has 0 saturated heterocycles.